The molecule has 2 aromatic rings. The number of Topliss-reactive ketones (excluding diaryl/α,β-unsaturated/α-hetero) is 1. The number of hydrogen-bond acceptors (Lipinski definition) is 4. The maximum Gasteiger partial charge on any atom is 0.165 e. The third-order valence-electron chi connectivity index (χ3n) is 3.52. The Morgan fingerprint density at radius 1 is 1.00 bits per heavy atom. The molecule has 2 rings (SSSR count). The van der Waals surface area contributed by atoms with Crippen molar-refractivity contribution in [2.75, 3.05) is 13.2 Å². The summed E-state index contributed by atoms with van der Waals surface area (Å²) < 4.78 is 11.6. The minimum atomic E-state index is -0.381. The van der Waals surface area contributed by atoms with Crippen molar-refractivity contribution < 1.29 is 14.3 Å². The summed E-state index contributed by atoms with van der Waals surface area (Å²) in [7, 11) is 0. The summed E-state index contributed by atoms with van der Waals surface area (Å²) in [6.07, 6.45) is -0.118. The quantitative estimate of drug-likeness (QED) is 0.327. The van der Waals surface area contributed by atoms with Gasteiger partial charge in [0.1, 0.15) is 11.9 Å². The Balaban J connectivity index is 2.13. The Kier molecular flexibility index (Phi) is 8.29. The van der Waals surface area contributed by atoms with Crippen LogP contribution >= 0.6 is 11.8 Å². The summed E-state index contributed by atoms with van der Waals surface area (Å²) in [6.45, 7) is 4.91. The molecule has 0 aliphatic carbocycles. The second-order valence-corrected chi connectivity index (χ2v) is 6.26. The molecule has 0 amide bonds. The molecule has 0 radical (unpaired) electrons. The first-order valence-corrected chi connectivity index (χ1v) is 9.37. The van der Waals surface area contributed by atoms with Gasteiger partial charge in [-0.25, -0.2) is 0 Å². The predicted molar refractivity (Wildman–Crippen MR) is 103 cm³/mol. The summed E-state index contributed by atoms with van der Waals surface area (Å²) in [6, 6.07) is 19.3. The standard InChI is InChI=1S/C21H24O3S/c1-3-23-20(15-19(22)17-11-7-5-8-12-17)21(24-4-2)16-25-18-13-9-6-10-14-18/h5-14,16,20H,3-4,15H2,1-2H3/b21-16-. The number of ether oxygens (including phenoxy) is 2. The van der Waals surface area contributed by atoms with Crippen LogP contribution in [0.3, 0.4) is 0 Å². The Labute approximate surface area is 154 Å². The molecular formula is C21H24O3S. The Morgan fingerprint density at radius 3 is 2.24 bits per heavy atom. The molecule has 0 aliphatic rings. The molecule has 4 heteroatoms. The first-order chi connectivity index (χ1) is 12.2. The Morgan fingerprint density at radius 2 is 1.64 bits per heavy atom. The number of carbonyl (C=O) groups excluding carboxylic acids is 1. The van der Waals surface area contributed by atoms with Crippen molar-refractivity contribution in [2.45, 2.75) is 31.3 Å². The molecule has 1 atom stereocenters. The molecule has 0 bridgehead atoms. The van der Waals surface area contributed by atoms with Crippen molar-refractivity contribution in [1.29, 1.82) is 0 Å². The highest BCUT2D eigenvalue weighted by Gasteiger charge is 2.21. The van der Waals surface area contributed by atoms with Crippen LogP contribution < -0.4 is 0 Å². The number of hydrogen-bond donors (Lipinski definition) is 0. The molecule has 0 saturated carbocycles. The van der Waals surface area contributed by atoms with E-state index in [1.165, 1.54) is 0 Å². The van der Waals surface area contributed by atoms with Gasteiger partial charge in [0.05, 0.1) is 6.61 Å². The lowest BCUT2D eigenvalue weighted by Gasteiger charge is -2.20. The van der Waals surface area contributed by atoms with Gasteiger partial charge in [0.2, 0.25) is 0 Å². The SMILES string of the molecule is CCO/C(=C\Sc1ccccc1)C(CC(=O)c1ccccc1)OCC. The van der Waals surface area contributed by atoms with E-state index in [4.69, 9.17) is 9.47 Å². The third kappa shape index (κ3) is 6.40. The van der Waals surface area contributed by atoms with E-state index in [1.54, 1.807) is 11.8 Å². The molecule has 132 valence electrons. The number of carbonyl (C=O) groups is 1. The molecule has 25 heavy (non-hydrogen) atoms. The van der Waals surface area contributed by atoms with E-state index in [0.29, 0.717) is 24.5 Å². The summed E-state index contributed by atoms with van der Waals surface area (Å²) in [5.41, 5.74) is 0.693. The lowest BCUT2D eigenvalue weighted by molar-refractivity contribution is 0.0331. The lowest BCUT2D eigenvalue weighted by Crippen LogP contribution is -2.22. The second kappa shape index (κ2) is 10.7. The van der Waals surface area contributed by atoms with Gasteiger partial charge >= 0.3 is 0 Å². The van der Waals surface area contributed by atoms with Gasteiger partial charge in [-0.1, -0.05) is 60.3 Å². The first-order valence-electron chi connectivity index (χ1n) is 8.49. The molecule has 0 heterocycles. The molecule has 0 aliphatic heterocycles. The van der Waals surface area contributed by atoms with Crippen LogP contribution in [0.15, 0.2) is 76.7 Å². The smallest absolute Gasteiger partial charge is 0.165 e. The van der Waals surface area contributed by atoms with Crippen LogP contribution in [0.2, 0.25) is 0 Å². The highest BCUT2D eigenvalue weighted by atomic mass is 32.2. The van der Waals surface area contributed by atoms with Crippen LogP contribution in [-0.4, -0.2) is 25.1 Å². The van der Waals surface area contributed by atoms with Crippen LogP contribution in [-0.2, 0) is 9.47 Å². The molecule has 0 N–H and O–H groups in total. The van der Waals surface area contributed by atoms with Crippen molar-refractivity contribution in [3.63, 3.8) is 0 Å². The van der Waals surface area contributed by atoms with Crippen LogP contribution in [0.1, 0.15) is 30.6 Å². The maximum absolute atomic E-state index is 12.5. The normalized spacial score (nSPS) is 12.6. The average Bonchev–Trinajstić information content (AvgIpc) is 2.66. The van der Waals surface area contributed by atoms with Gasteiger partial charge in [-0.2, -0.15) is 0 Å². The number of ketones is 1. The Bertz CT molecular complexity index is 668. The van der Waals surface area contributed by atoms with Crippen molar-refractivity contribution in [2.24, 2.45) is 0 Å². The van der Waals surface area contributed by atoms with Gasteiger partial charge in [0, 0.05) is 28.9 Å². The van der Waals surface area contributed by atoms with Gasteiger partial charge in [-0.15, -0.1) is 0 Å². The van der Waals surface area contributed by atoms with Gasteiger partial charge in [-0.3, -0.25) is 4.79 Å². The molecular weight excluding hydrogens is 332 g/mol. The van der Waals surface area contributed by atoms with E-state index in [-0.39, 0.29) is 18.3 Å². The van der Waals surface area contributed by atoms with Crippen LogP contribution in [0.4, 0.5) is 0 Å². The summed E-state index contributed by atoms with van der Waals surface area (Å²) in [5, 5.41) is 1.94. The zero-order valence-corrected chi connectivity index (χ0v) is 15.5. The summed E-state index contributed by atoms with van der Waals surface area (Å²) in [5.74, 6) is 0.747. The minimum absolute atomic E-state index is 0.0503. The monoisotopic (exact) mass is 356 g/mol. The summed E-state index contributed by atoms with van der Waals surface area (Å²) >= 11 is 1.57. The van der Waals surface area contributed by atoms with Crippen molar-refractivity contribution in [1.82, 2.24) is 0 Å². The van der Waals surface area contributed by atoms with Crippen LogP contribution in [0, 0.1) is 0 Å². The van der Waals surface area contributed by atoms with Gasteiger partial charge in [-0.05, 0) is 26.0 Å². The highest BCUT2D eigenvalue weighted by molar-refractivity contribution is 8.02. The fraction of sp³-hybridized carbons (Fsp3) is 0.286. The Hall–Kier alpha value is -2.04. The fourth-order valence-corrected chi connectivity index (χ4v) is 3.13. The maximum atomic E-state index is 12.5. The van der Waals surface area contributed by atoms with Crippen LogP contribution in [0.5, 0.6) is 0 Å². The lowest BCUT2D eigenvalue weighted by atomic mass is 10.0. The zero-order chi connectivity index (χ0) is 17.9. The minimum Gasteiger partial charge on any atom is -0.495 e. The summed E-state index contributed by atoms with van der Waals surface area (Å²) in [4.78, 5) is 13.7. The van der Waals surface area contributed by atoms with Gasteiger partial charge in [0.25, 0.3) is 0 Å². The van der Waals surface area contributed by atoms with E-state index in [0.717, 1.165) is 4.90 Å². The third-order valence-corrected chi connectivity index (χ3v) is 4.41. The number of thioether (sulfide) groups is 1. The molecule has 0 spiro atoms. The highest BCUT2D eigenvalue weighted by Crippen LogP contribution is 2.24. The zero-order valence-electron chi connectivity index (χ0n) is 14.7. The van der Waals surface area contributed by atoms with E-state index in [9.17, 15) is 4.79 Å². The topological polar surface area (TPSA) is 35.5 Å². The van der Waals surface area contributed by atoms with Crippen LogP contribution in [0.25, 0.3) is 0 Å². The van der Waals surface area contributed by atoms with Crippen molar-refractivity contribution in [3.05, 3.63) is 77.4 Å². The molecule has 2 aromatic carbocycles. The number of benzene rings is 2. The van der Waals surface area contributed by atoms with Crippen molar-refractivity contribution >= 4 is 17.5 Å². The average molecular weight is 356 g/mol. The molecule has 0 fully saturated rings. The van der Waals surface area contributed by atoms with E-state index in [2.05, 4.69) is 0 Å². The largest absolute Gasteiger partial charge is 0.495 e. The first kappa shape index (κ1) is 19.3. The predicted octanol–water partition coefficient (Wildman–Crippen LogP) is 5.33. The van der Waals surface area contributed by atoms with E-state index in [1.807, 2.05) is 79.9 Å². The molecule has 1 unspecified atom stereocenters. The molecule has 3 nitrogen and oxygen atoms in total. The van der Waals surface area contributed by atoms with E-state index >= 15 is 0 Å². The molecule has 0 aromatic heterocycles. The second-order valence-electron chi connectivity index (χ2n) is 5.32. The van der Waals surface area contributed by atoms with E-state index < -0.39 is 0 Å². The fourth-order valence-electron chi connectivity index (χ4n) is 2.35. The van der Waals surface area contributed by atoms with Gasteiger partial charge in [0.15, 0.2) is 5.78 Å². The number of rotatable bonds is 10. The van der Waals surface area contributed by atoms with Crippen molar-refractivity contribution in [3.8, 4) is 0 Å². The molecule has 0 saturated heterocycles. The van der Waals surface area contributed by atoms with Gasteiger partial charge < -0.3 is 9.47 Å².